The van der Waals surface area contributed by atoms with Crippen LogP contribution in [-0.4, -0.2) is 50.4 Å². The standard InChI is InChI=1S/C20H23ClFN5O2/c1-9(2)16-11(6-13(22)18-19(16)25-10(3)24-18)17-12(21)7-23-20(27-17)26-14-4-5-29-8-15(14)28/h6-7,9,14-15,28H,4-5,8H2,1-3H3,(H,24,25)(H,23,26,27)/t14-,15-/m1/s1. The lowest BCUT2D eigenvalue weighted by atomic mass is 9.93. The van der Waals surface area contributed by atoms with Gasteiger partial charge in [-0.25, -0.2) is 19.3 Å². The number of hydrogen-bond acceptors (Lipinski definition) is 6. The monoisotopic (exact) mass is 419 g/mol. The molecule has 3 N–H and O–H groups in total. The highest BCUT2D eigenvalue weighted by molar-refractivity contribution is 6.33. The van der Waals surface area contributed by atoms with Crippen LogP contribution < -0.4 is 5.32 Å². The number of fused-ring (bicyclic) bond motifs is 1. The van der Waals surface area contributed by atoms with Gasteiger partial charge in [0.2, 0.25) is 5.95 Å². The van der Waals surface area contributed by atoms with E-state index in [-0.39, 0.29) is 18.6 Å². The highest BCUT2D eigenvalue weighted by Crippen LogP contribution is 2.38. The summed E-state index contributed by atoms with van der Waals surface area (Å²) in [6, 6.07) is 1.20. The zero-order valence-corrected chi connectivity index (χ0v) is 17.2. The summed E-state index contributed by atoms with van der Waals surface area (Å²) in [6.07, 6.45) is 1.47. The summed E-state index contributed by atoms with van der Waals surface area (Å²) in [5.41, 5.74) is 2.87. The van der Waals surface area contributed by atoms with Gasteiger partial charge in [0.25, 0.3) is 0 Å². The number of halogens is 2. The number of aromatic nitrogens is 4. The van der Waals surface area contributed by atoms with Crippen LogP contribution in [0, 0.1) is 12.7 Å². The van der Waals surface area contributed by atoms with Crippen molar-refractivity contribution in [3.05, 3.63) is 34.5 Å². The van der Waals surface area contributed by atoms with Crippen molar-refractivity contribution in [2.45, 2.75) is 45.3 Å². The number of nitrogens with one attached hydrogen (secondary N) is 2. The first-order chi connectivity index (χ1) is 13.8. The lowest BCUT2D eigenvalue weighted by Crippen LogP contribution is -2.42. The third kappa shape index (κ3) is 3.80. The molecule has 0 aliphatic carbocycles. The summed E-state index contributed by atoms with van der Waals surface area (Å²) in [6.45, 7) is 6.66. The van der Waals surface area contributed by atoms with E-state index in [1.54, 1.807) is 6.92 Å². The topological polar surface area (TPSA) is 96.0 Å². The van der Waals surface area contributed by atoms with Crippen LogP contribution in [-0.2, 0) is 4.74 Å². The maximum Gasteiger partial charge on any atom is 0.223 e. The molecule has 7 nitrogen and oxygen atoms in total. The van der Waals surface area contributed by atoms with Gasteiger partial charge in [0, 0.05) is 12.2 Å². The molecule has 1 aromatic carbocycles. The average molecular weight is 420 g/mol. The van der Waals surface area contributed by atoms with E-state index in [9.17, 15) is 9.50 Å². The van der Waals surface area contributed by atoms with Crippen molar-refractivity contribution in [3.8, 4) is 11.3 Å². The maximum atomic E-state index is 14.8. The number of hydrogen-bond donors (Lipinski definition) is 3. The Morgan fingerprint density at radius 2 is 2.17 bits per heavy atom. The van der Waals surface area contributed by atoms with E-state index in [1.807, 2.05) is 13.8 Å². The Morgan fingerprint density at radius 3 is 2.90 bits per heavy atom. The third-order valence-electron chi connectivity index (χ3n) is 5.10. The zero-order chi connectivity index (χ0) is 20.7. The number of ether oxygens (including phenoxy) is 1. The molecule has 0 spiro atoms. The molecular formula is C20H23ClFN5O2. The van der Waals surface area contributed by atoms with Crippen LogP contribution in [0.25, 0.3) is 22.3 Å². The van der Waals surface area contributed by atoms with E-state index in [1.165, 1.54) is 12.3 Å². The van der Waals surface area contributed by atoms with Crippen LogP contribution in [0.2, 0.25) is 5.02 Å². The van der Waals surface area contributed by atoms with Crippen LogP contribution in [0.15, 0.2) is 12.3 Å². The van der Waals surface area contributed by atoms with Gasteiger partial charge in [0.1, 0.15) is 11.3 Å². The second kappa shape index (κ2) is 7.85. The molecular weight excluding hydrogens is 397 g/mol. The minimum atomic E-state index is -0.653. The second-order valence-electron chi connectivity index (χ2n) is 7.59. The number of aliphatic hydroxyl groups excluding tert-OH is 1. The minimum Gasteiger partial charge on any atom is -0.389 e. The van der Waals surface area contributed by atoms with E-state index >= 15 is 0 Å². The molecule has 2 atom stereocenters. The number of nitrogens with zero attached hydrogens (tertiary/aromatic N) is 3. The van der Waals surface area contributed by atoms with Crippen molar-refractivity contribution in [2.24, 2.45) is 0 Å². The van der Waals surface area contributed by atoms with E-state index in [0.29, 0.717) is 52.1 Å². The van der Waals surface area contributed by atoms with Crippen molar-refractivity contribution in [1.82, 2.24) is 19.9 Å². The third-order valence-corrected chi connectivity index (χ3v) is 5.37. The van der Waals surface area contributed by atoms with Crippen molar-refractivity contribution >= 4 is 28.6 Å². The number of anilines is 1. The number of aryl methyl sites for hydroxylation is 1. The predicted octanol–water partition coefficient (Wildman–Crippen LogP) is 3.81. The molecule has 0 radical (unpaired) electrons. The molecule has 0 amide bonds. The number of rotatable bonds is 4. The molecule has 1 aliphatic heterocycles. The lowest BCUT2D eigenvalue weighted by Gasteiger charge is -2.28. The number of imidazole rings is 1. The number of H-pyrrole nitrogens is 1. The summed E-state index contributed by atoms with van der Waals surface area (Å²) in [4.78, 5) is 16.2. The first kappa shape index (κ1) is 20.0. The van der Waals surface area contributed by atoms with Gasteiger partial charge in [0.15, 0.2) is 5.82 Å². The molecule has 3 heterocycles. The fourth-order valence-electron chi connectivity index (χ4n) is 3.75. The molecule has 29 heavy (non-hydrogen) atoms. The normalized spacial score (nSPS) is 19.8. The number of aliphatic hydroxyl groups is 1. The molecule has 2 aromatic heterocycles. The van der Waals surface area contributed by atoms with Gasteiger partial charge in [-0.15, -0.1) is 0 Å². The molecule has 1 aliphatic rings. The fraction of sp³-hybridized carbons (Fsp3) is 0.450. The van der Waals surface area contributed by atoms with Crippen molar-refractivity contribution < 1.29 is 14.2 Å². The molecule has 0 saturated carbocycles. The summed E-state index contributed by atoms with van der Waals surface area (Å²) in [7, 11) is 0. The Kier molecular flexibility index (Phi) is 5.42. The van der Waals surface area contributed by atoms with Crippen LogP contribution in [0.4, 0.5) is 10.3 Å². The Labute approximate surface area is 172 Å². The molecule has 1 fully saturated rings. The quantitative estimate of drug-likeness (QED) is 0.595. The Bertz CT molecular complexity index is 1060. The molecule has 154 valence electrons. The zero-order valence-electron chi connectivity index (χ0n) is 16.5. The first-order valence-electron chi connectivity index (χ1n) is 9.59. The minimum absolute atomic E-state index is 0.0766. The van der Waals surface area contributed by atoms with E-state index in [4.69, 9.17) is 16.3 Å². The van der Waals surface area contributed by atoms with Gasteiger partial charge in [0.05, 0.1) is 41.2 Å². The number of aromatic amines is 1. The van der Waals surface area contributed by atoms with Crippen LogP contribution >= 0.6 is 11.6 Å². The van der Waals surface area contributed by atoms with Gasteiger partial charge in [-0.3, -0.25) is 0 Å². The number of benzene rings is 1. The molecule has 0 unspecified atom stereocenters. The van der Waals surface area contributed by atoms with Crippen molar-refractivity contribution in [2.75, 3.05) is 18.5 Å². The van der Waals surface area contributed by atoms with Crippen molar-refractivity contribution in [3.63, 3.8) is 0 Å². The first-order valence-corrected chi connectivity index (χ1v) is 9.97. The van der Waals surface area contributed by atoms with E-state index in [2.05, 4.69) is 25.3 Å². The smallest absolute Gasteiger partial charge is 0.223 e. The van der Waals surface area contributed by atoms with Crippen molar-refractivity contribution in [1.29, 1.82) is 0 Å². The molecule has 0 bridgehead atoms. The molecule has 4 rings (SSSR count). The molecule has 9 heteroatoms. The summed E-state index contributed by atoms with van der Waals surface area (Å²) in [5.74, 6) is 0.606. The lowest BCUT2D eigenvalue weighted by molar-refractivity contribution is -0.0136. The van der Waals surface area contributed by atoms with Gasteiger partial charge < -0.3 is 20.1 Å². The summed E-state index contributed by atoms with van der Waals surface area (Å²) < 4.78 is 20.1. The van der Waals surface area contributed by atoms with Gasteiger partial charge in [-0.05, 0) is 30.9 Å². The molecule has 3 aromatic rings. The average Bonchev–Trinajstić information content (AvgIpc) is 3.06. The van der Waals surface area contributed by atoms with Gasteiger partial charge in [-0.1, -0.05) is 25.4 Å². The second-order valence-corrected chi connectivity index (χ2v) is 8.00. The summed E-state index contributed by atoms with van der Waals surface area (Å²) in [5, 5.41) is 13.6. The van der Waals surface area contributed by atoms with E-state index < -0.39 is 11.9 Å². The SMILES string of the molecule is Cc1nc2c(F)cc(-c3nc(N[C@@H]4CCOC[C@H]4O)ncc3Cl)c(C(C)C)c2[nH]1. The largest absolute Gasteiger partial charge is 0.389 e. The van der Waals surface area contributed by atoms with Crippen LogP contribution in [0.3, 0.4) is 0 Å². The Morgan fingerprint density at radius 1 is 1.38 bits per heavy atom. The van der Waals surface area contributed by atoms with Crippen LogP contribution in [0.5, 0.6) is 0 Å². The summed E-state index contributed by atoms with van der Waals surface area (Å²) >= 11 is 6.42. The van der Waals surface area contributed by atoms with Crippen LogP contribution in [0.1, 0.15) is 37.6 Å². The maximum absolute atomic E-state index is 14.8. The molecule has 1 saturated heterocycles. The van der Waals surface area contributed by atoms with Gasteiger partial charge in [-0.2, -0.15) is 0 Å². The predicted molar refractivity (Wildman–Crippen MR) is 110 cm³/mol. The Hall–Kier alpha value is -2.29. The van der Waals surface area contributed by atoms with E-state index in [0.717, 1.165) is 5.56 Å². The van der Waals surface area contributed by atoms with Gasteiger partial charge >= 0.3 is 0 Å². The Balaban J connectivity index is 1.82. The fourth-order valence-corrected chi connectivity index (χ4v) is 3.94. The highest BCUT2D eigenvalue weighted by Gasteiger charge is 2.26. The highest BCUT2D eigenvalue weighted by atomic mass is 35.5.